The third-order valence-electron chi connectivity index (χ3n) is 4.52. The molecule has 1 aliphatic heterocycles. The number of fused-ring (bicyclic) bond motifs is 2. The van der Waals surface area contributed by atoms with Gasteiger partial charge in [0.25, 0.3) is 0 Å². The molecule has 4 rings (SSSR count). The van der Waals surface area contributed by atoms with Crippen LogP contribution in [0.1, 0.15) is 12.0 Å². The number of nitrogens with two attached hydrogens (primary N) is 1. The Morgan fingerprint density at radius 1 is 1.30 bits per heavy atom. The van der Waals surface area contributed by atoms with Crippen LogP contribution in [0.2, 0.25) is 0 Å². The number of imidazole rings is 1. The van der Waals surface area contributed by atoms with E-state index in [4.69, 9.17) is 5.73 Å². The van der Waals surface area contributed by atoms with Gasteiger partial charge in [-0.15, -0.1) is 24.8 Å². The van der Waals surface area contributed by atoms with Crippen LogP contribution in [0.5, 0.6) is 0 Å². The van der Waals surface area contributed by atoms with E-state index in [0.717, 1.165) is 35.3 Å². The van der Waals surface area contributed by atoms with Crippen molar-refractivity contribution in [2.24, 2.45) is 0 Å². The number of carbonyl (C=O) groups excluding carboxylic acids is 1. The number of nitrogens with one attached hydrogen (secondary N) is 1. The summed E-state index contributed by atoms with van der Waals surface area (Å²) in [5, 5.41) is 0. The Bertz CT molecular complexity index is 946. The van der Waals surface area contributed by atoms with Crippen LogP contribution in [-0.2, 0) is 11.2 Å². The second-order valence-electron chi connectivity index (χ2n) is 6.15. The van der Waals surface area contributed by atoms with Crippen LogP contribution in [0.3, 0.4) is 0 Å². The fourth-order valence-electron chi connectivity index (χ4n) is 3.32. The highest BCUT2D eigenvalue weighted by Crippen LogP contribution is 2.31. The van der Waals surface area contributed by atoms with E-state index in [9.17, 15) is 4.79 Å². The summed E-state index contributed by atoms with van der Waals surface area (Å²) < 4.78 is 0. The molecule has 27 heavy (non-hydrogen) atoms. The molecule has 0 unspecified atom stereocenters. The summed E-state index contributed by atoms with van der Waals surface area (Å²) in [6, 6.07) is 5.73. The van der Waals surface area contributed by atoms with Crippen LogP contribution in [-0.4, -0.2) is 46.0 Å². The highest BCUT2D eigenvalue weighted by atomic mass is 35.5. The molecule has 10 heteroatoms. The van der Waals surface area contributed by atoms with Gasteiger partial charge in [0.05, 0.1) is 12.9 Å². The van der Waals surface area contributed by atoms with Crippen LogP contribution in [0.25, 0.3) is 11.2 Å². The predicted octanol–water partition coefficient (Wildman–Crippen LogP) is 2.19. The van der Waals surface area contributed by atoms with Crippen LogP contribution in [0.4, 0.5) is 17.2 Å². The van der Waals surface area contributed by atoms with E-state index in [-0.39, 0.29) is 37.3 Å². The minimum atomic E-state index is 0. The Morgan fingerprint density at radius 3 is 2.93 bits per heavy atom. The van der Waals surface area contributed by atoms with Gasteiger partial charge in [0, 0.05) is 25.0 Å². The molecule has 8 nitrogen and oxygen atoms in total. The molecule has 0 radical (unpaired) electrons. The van der Waals surface area contributed by atoms with Crippen molar-refractivity contribution < 1.29 is 4.79 Å². The summed E-state index contributed by atoms with van der Waals surface area (Å²) in [4.78, 5) is 32.1. The van der Waals surface area contributed by atoms with E-state index in [0.29, 0.717) is 18.0 Å². The highest BCUT2D eigenvalue weighted by molar-refractivity contribution is 5.99. The van der Waals surface area contributed by atoms with Crippen LogP contribution >= 0.6 is 24.8 Å². The number of hydrogen-bond acceptors (Lipinski definition) is 6. The SMILES string of the molecule is CN(CC(=O)N1CCCc2c(N)cccc21)c1ncnc2nc[nH]c12.Cl.Cl. The number of nitrogens with zero attached hydrogens (tertiary/aromatic N) is 5. The summed E-state index contributed by atoms with van der Waals surface area (Å²) >= 11 is 0. The minimum Gasteiger partial charge on any atom is -0.398 e. The largest absolute Gasteiger partial charge is 0.398 e. The zero-order valence-electron chi connectivity index (χ0n) is 14.8. The topological polar surface area (TPSA) is 104 Å². The number of anilines is 3. The van der Waals surface area contributed by atoms with Gasteiger partial charge in [0.2, 0.25) is 5.91 Å². The summed E-state index contributed by atoms with van der Waals surface area (Å²) in [5.41, 5.74) is 10.1. The van der Waals surface area contributed by atoms with E-state index in [1.165, 1.54) is 6.33 Å². The zero-order valence-corrected chi connectivity index (χ0v) is 16.4. The van der Waals surface area contributed by atoms with Crippen molar-refractivity contribution in [1.29, 1.82) is 0 Å². The lowest BCUT2D eigenvalue weighted by atomic mass is 10.00. The highest BCUT2D eigenvalue weighted by Gasteiger charge is 2.25. The molecule has 0 fully saturated rings. The Balaban J connectivity index is 0.00000131. The van der Waals surface area contributed by atoms with Gasteiger partial charge in [0.1, 0.15) is 11.8 Å². The lowest BCUT2D eigenvalue weighted by Crippen LogP contribution is -2.42. The van der Waals surface area contributed by atoms with Crippen molar-refractivity contribution in [3.63, 3.8) is 0 Å². The van der Waals surface area contributed by atoms with E-state index in [2.05, 4.69) is 19.9 Å². The summed E-state index contributed by atoms with van der Waals surface area (Å²) in [5.74, 6) is 0.668. The van der Waals surface area contributed by atoms with Gasteiger partial charge in [-0.25, -0.2) is 15.0 Å². The third kappa shape index (κ3) is 3.77. The van der Waals surface area contributed by atoms with Crippen LogP contribution < -0.4 is 15.5 Å². The molecule has 1 aromatic carbocycles. The Hall–Kier alpha value is -2.58. The van der Waals surface area contributed by atoms with Crippen molar-refractivity contribution in [1.82, 2.24) is 19.9 Å². The van der Waals surface area contributed by atoms with Crippen molar-refractivity contribution in [2.45, 2.75) is 12.8 Å². The van der Waals surface area contributed by atoms with Crippen molar-refractivity contribution in [2.75, 3.05) is 35.7 Å². The lowest BCUT2D eigenvalue weighted by Gasteiger charge is -2.31. The number of carbonyl (C=O) groups is 1. The average Bonchev–Trinajstić information content (AvgIpc) is 3.10. The minimum absolute atomic E-state index is 0. The van der Waals surface area contributed by atoms with E-state index in [1.54, 1.807) is 6.33 Å². The summed E-state index contributed by atoms with van der Waals surface area (Å²) in [6.45, 7) is 0.908. The number of hydrogen-bond donors (Lipinski definition) is 2. The number of halogens is 2. The normalized spacial score (nSPS) is 12.7. The maximum atomic E-state index is 12.9. The molecule has 3 N–H and O–H groups in total. The number of aromatic amines is 1. The molecule has 144 valence electrons. The Kier molecular flexibility index (Phi) is 6.45. The number of nitrogen functional groups attached to an aromatic ring is 1. The number of amides is 1. The number of benzene rings is 1. The van der Waals surface area contributed by atoms with Gasteiger partial charge in [-0.1, -0.05) is 6.07 Å². The molecule has 1 amide bonds. The predicted molar refractivity (Wildman–Crippen MR) is 111 cm³/mol. The van der Waals surface area contributed by atoms with Crippen molar-refractivity contribution in [3.8, 4) is 0 Å². The van der Waals surface area contributed by atoms with Crippen molar-refractivity contribution in [3.05, 3.63) is 36.4 Å². The molecule has 3 aromatic rings. The first-order valence-corrected chi connectivity index (χ1v) is 8.18. The maximum absolute atomic E-state index is 12.9. The number of H-pyrrole nitrogens is 1. The maximum Gasteiger partial charge on any atom is 0.246 e. The molecular weight excluding hydrogens is 389 g/mol. The van der Waals surface area contributed by atoms with Gasteiger partial charge in [-0.05, 0) is 30.5 Å². The summed E-state index contributed by atoms with van der Waals surface area (Å²) in [7, 11) is 1.84. The number of aromatic nitrogens is 4. The van der Waals surface area contributed by atoms with Gasteiger partial charge in [-0.3, -0.25) is 4.79 Å². The molecule has 2 aromatic heterocycles. The fourth-order valence-corrected chi connectivity index (χ4v) is 3.32. The number of rotatable bonds is 3. The first kappa shape index (κ1) is 20.7. The molecule has 0 aliphatic carbocycles. The first-order valence-electron chi connectivity index (χ1n) is 8.18. The van der Waals surface area contributed by atoms with E-state index >= 15 is 0 Å². The third-order valence-corrected chi connectivity index (χ3v) is 4.52. The second-order valence-corrected chi connectivity index (χ2v) is 6.15. The van der Waals surface area contributed by atoms with Crippen LogP contribution in [0.15, 0.2) is 30.9 Å². The standard InChI is InChI=1S/C17H19N7O.2ClH/c1-23(17-15-16(20-9-19-15)21-10-22-17)8-14(25)24-7-3-4-11-12(18)5-2-6-13(11)24;;/h2,5-6,9-10H,3-4,7-8,18H2,1H3,(H,19,20,21,22);2*1H. The molecule has 0 bridgehead atoms. The molecule has 0 saturated carbocycles. The quantitative estimate of drug-likeness (QED) is 0.642. The Morgan fingerprint density at radius 2 is 2.11 bits per heavy atom. The monoisotopic (exact) mass is 409 g/mol. The molecule has 0 saturated heterocycles. The fraction of sp³-hybridized carbons (Fsp3) is 0.294. The van der Waals surface area contributed by atoms with Crippen molar-refractivity contribution >= 4 is 59.1 Å². The zero-order chi connectivity index (χ0) is 17.4. The summed E-state index contributed by atoms with van der Waals surface area (Å²) in [6.07, 6.45) is 4.84. The number of likely N-dealkylation sites (N-methyl/N-ethyl adjacent to an activating group) is 1. The molecule has 0 atom stereocenters. The van der Waals surface area contributed by atoms with Gasteiger partial charge >= 0.3 is 0 Å². The molecule has 1 aliphatic rings. The molecule has 0 spiro atoms. The average molecular weight is 410 g/mol. The van der Waals surface area contributed by atoms with E-state index in [1.807, 2.05) is 35.0 Å². The van der Waals surface area contributed by atoms with Gasteiger partial charge < -0.3 is 20.5 Å². The molecular formula is C17H21Cl2N7O. The Labute approximate surface area is 169 Å². The van der Waals surface area contributed by atoms with E-state index < -0.39 is 0 Å². The lowest BCUT2D eigenvalue weighted by molar-refractivity contribution is -0.117. The van der Waals surface area contributed by atoms with Gasteiger partial charge in [-0.2, -0.15) is 0 Å². The smallest absolute Gasteiger partial charge is 0.246 e. The van der Waals surface area contributed by atoms with Gasteiger partial charge in [0.15, 0.2) is 11.5 Å². The second kappa shape index (κ2) is 8.41. The first-order chi connectivity index (χ1) is 12.1. The van der Waals surface area contributed by atoms with Crippen LogP contribution in [0, 0.1) is 0 Å². The molecule has 3 heterocycles.